The van der Waals surface area contributed by atoms with Crippen LogP contribution < -0.4 is 0 Å². The topological polar surface area (TPSA) is 43.1 Å². The van der Waals surface area contributed by atoms with Gasteiger partial charge in [-0.2, -0.15) is 13.2 Å². The number of benzene rings is 1. The molecule has 0 saturated carbocycles. The van der Waals surface area contributed by atoms with E-state index in [1.807, 2.05) is 6.07 Å². The Morgan fingerprint density at radius 3 is 2.54 bits per heavy atom. The number of rotatable bonds is 1. The lowest BCUT2D eigenvalue weighted by atomic mass is 10.2. The van der Waals surface area contributed by atoms with Crippen LogP contribution in [0.1, 0.15) is 5.56 Å². The summed E-state index contributed by atoms with van der Waals surface area (Å²) >= 11 is 0. The zero-order valence-electron chi connectivity index (χ0n) is 6.13. The Hall–Kier alpha value is -1.59. The fraction of sp³-hybridized carbons (Fsp3) is 0.143. The van der Waals surface area contributed by atoms with Gasteiger partial charge in [-0.3, -0.25) is 10.1 Å². The van der Waals surface area contributed by atoms with E-state index in [0.717, 1.165) is 12.1 Å². The zero-order chi connectivity index (χ0) is 10.1. The molecule has 0 aromatic heterocycles. The van der Waals surface area contributed by atoms with Gasteiger partial charge in [0.2, 0.25) is 0 Å². The summed E-state index contributed by atoms with van der Waals surface area (Å²) in [6.45, 7) is 0. The van der Waals surface area contributed by atoms with Crippen LogP contribution in [0.5, 0.6) is 0 Å². The van der Waals surface area contributed by atoms with E-state index in [9.17, 15) is 23.3 Å². The van der Waals surface area contributed by atoms with Gasteiger partial charge in [-0.1, -0.05) is 0 Å². The lowest BCUT2D eigenvalue weighted by molar-refractivity contribution is -0.385. The Morgan fingerprint density at radius 2 is 2.08 bits per heavy atom. The second-order valence-electron chi connectivity index (χ2n) is 2.22. The lowest BCUT2D eigenvalue weighted by Crippen LogP contribution is -2.05. The number of hydrogen-bond donors (Lipinski definition) is 0. The predicted octanol–water partition coefficient (Wildman–Crippen LogP) is 2.41. The van der Waals surface area contributed by atoms with Gasteiger partial charge in [-0.15, -0.1) is 0 Å². The summed E-state index contributed by atoms with van der Waals surface area (Å²) in [5.74, 6) is 0. The average molecular weight is 190 g/mol. The number of alkyl halides is 3. The first-order valence-electron chi connectivity index (χ1n) is 3.14. The molecule has 0 spiro atoms. The van der Waals surface area contributed by atoms with Crippen molar-refractivity contribution in [1.82, 2.24) is 0 Å². The highest BCUT2D eigenvalue weighted by Gasteiger charge is 2.31. The molecule has 0 aliphatic rings. The maximum atomic E-state index is 12.0. The molecule has 69 valence electrons. The van der Waals surface area contributed by atoms with Gasteiger partial charge in [0.1, 0.15) is 0 Å². The van der Waals surface area contributed by atoms with Crippen LogP contribution in [-0.2, 0) is 6.18 Å². The van der Waals surface area contributed by atoms with E-state index < -0.39 is 22.4 Å². The molecule has 3 nitrogen and oxygen atoms in total. The van der Waals surface area contributed by atoms with Crippen molar-refractivity contribution in [3.63, 3.8) is 0 Å². The maximum absolute atomic E-state index is 12.0. The van der Waals surface area contributed by atoms with Crippen molar-refractivity contribution in [2.75, 3.05) is 0 Å². The Bertz CT molecular complexity index is 335. The third kappa shape index (κ3) is 2.17. The van der Waals surface area contributed by atoms with Crippen LogP contribution in [-0.4, -0.2) is 4.92 Å². The molecule has 0 N–H and O–H groups in total. The molecule has 0 aliphatic carbocycles. The Labute approximate surface area is 70.9 Å². The van der Waals surface area contributed by atoms with Gasteiger partial charge in [-0.25, -0.2) is 0 Å². The number of hydrogen-bond acceptors (Lipinski definition) is 2. The summed E-state index contributed by atoms with van der Waals surface area (Å²) in [4.78, 5) is 9.22. The van der Waals surface area contributed by atoms with Crippen LogP contribution >= 0.6 is 0 Å². The normalized spacial score (nSPS) is 11.3. The molecule has 1 aromatic carbocycles. The van der Waals surface area contributed by atoms with E-state index in [4.69, 9.17) is 0 Å². The van der Waals surface area contributed by atoms with Crippen LogP contribution in [0.25, 0.3) is 0 Å². The first-order valence-corrected chi connectivity index (χ1v) is 3.14. The predicted molar refractivity (Wildman–Crippen MR) is 36.9 cm³/mol. The van der Waals surface area contributed by atoms with Gasteiger partial charge in [0.15, 0.2) is 0 Å². The second-order valence-corrected chi connectivity index (χ2v) is 2.22. The van der Waals surface area contributed by atoms with Crippen LogP contribution in [0.15, 0.2) is 18.2 Å². The van der Waals surface area contributed by atoms with Gasteiger partial charge in [0.25, 0.3) is 5.69 Å². The van der Waals surface area contributed by atoms with Gasteiger partial charge in [0.05, 0.1) is 10.5 Å². The first kappa shape index (κ1) is 9.50. The van der Waals surface area contributed by atoms with E-state index in [0.29, 0.717) is 6.07 Å². The van der Waals surface area contributed by atoms with Gasteiger partial charge in [-0.05, 0) is 12.1 Å². The number of nitro groups is 1. The van der Waals surface area contributed by atoms with Crippen LogP contribution in [0.4, 0.5) is 18.9 Å². The minimum Gasteiger partial charge on any atom is -0.258 e. The molecule has 0 amide bonds. The van der Waals surface area contributed by atoms with Crippen molar-refractivity contribution in [1.29, 1.82) is 0 Å². The highest BCUT2D eigenvalue weighted by molar-refractivity contribution is 5.34. The van der Waals surface area contributed by atoms with Gasteiger partial charge >= 0.3 is 6.18 Å². The van der Waals surface area contributed by atoms with E-state index >= 15 is 0 Å². The van der Waals surface area contributed by atoms with E-state index in [1.165, 1.54) is 0 Å². The summed E-state index contributed by atoms with van der Waals surface area (Å²) in [5.41, 5.74) is -1.73. The van der Waals surface area contributed by atoms with Crippen molar-refractivity contribution in [3.05, 3.63) is 39.9 Å². The maximum Gasteiger partial charge on any atom is 0.417 e. The Balaban J connectivity index is 3.13. The third-order valence-electron chi connectivity index (χ3n) is 1.30. The third-order valence-corrected chi connectivity index (χ3v) is 1.30. The largest absolute Gasteiger partial charge is 0.417 e. The van der Waals surface area contributed by atoms with Gasteiger partial charge < -0.3 is 0 Å². The lowest BCUT2D eigenvalue weighted by Gasteiger charge is -2.04. The molecule has 0 unspecified atom stereocenters. The monoisotopic (exact) mass is 190 g/mol. The first-order chi connectivity index (χ1) is 5.91. The molecule has 1 radical (unpaired) electrons. The van der Waals surface area contributed by atoms with Crippen LogP contribution in [0.3, 0.4) is 0 Å². The van der Waals surface area contributed by atoms with Crippen LogP contribution in [0.2, 0.25) is 0 Å². The smallest absolute Gasteiger partial charge is 0.258 e. The molecule has 1 aromatic rings. The summed E-state index contributed by atoms with van der Waals surface area (Å²) in [6.07, 6.45) is -4.59. The number of nitro benzene ring substituents is 1. The Kier molecular flexibility index (Phi) is 2.22. The molecule has 0 heterocycles. The summed E-state index contributed by atoms with van der Waals surface area (Å²) in [7, 11) is 0. The number of nitrogens with zero attached hydrogens (tertiary/aromatic N) is 1. The van der Waals surface area contributed by atoms with E-state index in [-0.39, 0.29) is 0 Å². The molecule has 1 rings (SSSR count). The summed E-state index contributed by atoms with van der Waals surface area (Å²) in [5, 5.41) is 10.1. The van der Waals surface area contributed by atoms with E-state index in [2.05, 4.69) is 0 Å². The molecule has 0 atom stereocenters. The van der Waals surface area contributed by atoms with Crippen molar-refractivity contribution < 1.29 is 18.1 Å². The summed E-state index contributed by atoms with van der Waals surface area (Å²) in [6, 6.07) is 4.15. The fourth-order valence-corrected chi connectivity index (χ4v) is 0.732. The van der Waals surface area contributed by atoms with E-state index in [1.54, 1.807) is 0 Å². The highest BCUT2D eigenvalue weighted by Crippen LogP contribution is 2.30. The quantitative estimate of drug-likeness (QED) is 0.504. The SMILES string of the molecule is O=[N+]([O-])c1cc[c]c(C(F)(F)F)c1. The van der Waals surface area contributed by atoms with Gasteiger partial charge in [0, 0.05) is 12.1 Å². The molecular formula is C7H3F3NO2. The van der Waals surface area contributed by atoms with Crippen molar-refractivity contribution >= 4 is 5.69 Å². The molecule has 0 fully saturated rings. The summed E-state index contributed by atoms with van der Waals surface area (Å²) < 4.78 is 35.9. The minimum atomic E-state index is -4.59. The molecular weight excluding hydrogens is 187 g/mol. The fourth-order valence-electron chi connectivity index (χ4n) is 0.732. The minimum absolute atomic E-state index is 0.444. The highest BCUT2D eigenvalue weighted by atomic mass is 19.4. The number of halogens is 3. The molecule has 13 heavy (non-hydrogen) atoms. The van der Waals surface area contributed by atoms with Crippen molar-refractivity contribution in [2.45, 2.75) is 6.18 Å². The molecule has 0 bridgehead atoms. The second kappa shape index (κ2) is 3.04. The standard InChI is InChI=1S/C7H3F3NO2/c8-7(9,10)5-2-1-3-6(4-5)11(12)13/h1,3-4H. The average Bonchev–Trinajstić information content (AvgIpc) is 2.03. The van der Waals surface area contributed by atoms with Crippen LogP contribution in [0, 0.1) is 16.2 Å². The van der Waals surface area contributed by atoms with Crippen molar-refractivity contribution in [3.8, 4) is 0 Å². The Morgan fingerprint density at radius 1 is 1.46 bits per heavy atom. The number of non-ortho nitro benzene ring substituents is 1. The van der Waals surface area contributed by atoms with Crippen molar-refractivity contribution in [2.24, 2.45) is 0 Å². The molecule has 6 heteroatoms. The zero-order valence-corrected chi connectivity index (χ0v) is 6.13. The molecule has 0 aliphatic heterocycles. The molecule has 0 saturated heterocycles.